The van der Waals surface area contributed by atoms with Crippen molar-refractivity contribution in [2.45, 2.75) is 24.1 Å². The van der Waals surface area contributed by atoms with E-state index in [0.29, 0.717) is 5.25 Å². The standard InChI is InChI=1S/C8H9N3S/c1-5-6(2)12-8-7(11-5)9-3-4-10-8/h3-4,6H,1-2H3. The highest BCUT2D eigenvalue weighted by atomic mass is 32.2. The van der Waals surface area contributed by atoms with Crippen LogP contribution in [-0.4, -0.2) is 20.9 Å². The van der Waals surface area contributed by atoms with Gasteiger partial charge in [0.15, 0.2) is 5.82 Å². The third kappa shape index (κ3) is 1.22. The van der Waals surface area contributed by atoms with Gasteiger partial charge >= 0.3 is 0 Å². The van der Waals surface area contributed by atoms with Crippen LogP contribution in [0.15, 0.2) is 22.4 Å². The van der Waals surface area contributed by atoms with Crippen molar-refractivity contribution in [2.75, 3.05) is 0 Å². The molecule has 0 fully saturated rings. The highest BCUT2D eigenvalue weighted by Gasteiger charge is 2.18. The Morgan fingerprint density at radius 3 is 2.92 bits per heavy atom. The average molecular weight is 179 g/mol. The summed E-state index contributed by atoms with van der Waals surface area (Å²) in [6, 6.07) is 0. The van der Waals surface area contributed by atoms with Crippen molar-refractivity contribution in [1.29, 1.82) is 0 Å². The first-order valence-electron chi connectivity index (χ1n) is 3.80. The normalized spacial score (nSPS) is 21.5. The highest BCUT2D eigenvalue weighted by Crippen LogP contribution is 2.33. The lowest BCUT2D eigenvalue weighted by atomic mass is 10.3. The Balaban J connectivity index is 2.49. The molecule has 1 atom stereocenters. The Labute approximate surface area is 75.3 Å². The highest BCUT2D eigenvalue weighted by molar-refractivity contribution is 8.00. The van der Waals surface area contributed by atoms with Gasteiger partial charge in [-0.2, -0.15) is 0 Å². The molecule has 2 rings (SSSR count). The zero-order valence-electron chi connectivity index (χ0n) is 6.98. The van der Waals surface area contributed by atoms with Gasteiger partial charge in [0, 0.05) is 23.4 Å². The summed E-state index contributed by atoms with van der Waals surface area (Å²) < 4.78 is 0. The van der Waals surface area contributed by atoms with Gasteiger partial charge in [0.05, 0.1) is 0 Å². The van der Waals surface area contributed by atoms with Gasteiger partial charge in [-0.05, 0) is 13.8 Å². The number of hydrogen-bond acceptors (Lipinski definition) is 4. The first-order chi connectivity index (χ1) is 5.77. The van der Waals surface area contributed by atoms with Crippen molar-refractivity contribution in [3.05, 3.63) is 12.4 Å². The molecule has 0 aromatic carbocycles. The van der Waals surface area contributed by atoms with Crippen LogP contribution in [-0.2, 0) is 0 Å². The predicted octanol–water partition coefficient (Wildman–Crippen LogP) is 2.06. The van der Waals surface area contributed by atoms with Crippen molar-refractivity contribution >= 4 is 23.3 Å². The first kappa shape index (κ1) is 7.73. The number of fused-ring (bicyclic) bond motifs is 1. The molecule has 62 valence electrons. The van der Waals surface area contributed by atoms with Gasteiger partial charge in [-0.15, -0.1) is 0 Å². The maximum Gasteiger partial charge on any atom is 0.184 e. The van der Waals surface area contributed by atoms with Gasteiger partial charge in [0.25, 0.3) is 0 Å². The summed E-state index contributed by atoms with van der Waals surface area (Å²) >= 11 is 1.72. The monoisotopic (exact) mass is 179 g/mol. The van der Waals surface area contributed by atoms with Crippen LogP contribution in [0.25, 0.3) is 0 Å². The quantitative estimate of drug-likeness (QED) is 0.612. The van der Waals surface area contributed by atoms with Gasteiger partial charge in [0.2, 0.25) is 0 Å². The maximum atomic E-state index is 4.35. The summed E-state index contributed by atoms with van der Waals surface area (Å²) in [4.78, 5) is 12.7. The van der Waals surface area contributed by atoms with Crippen molar-refractivity contribution in [1.82, 2.24) is 9.97 Å². The molecule has 0 spiro atoms. The SMILES string of the molecule is CC1=Nc2nccnc2SC1C. The van der Waals surface area contributed by atoms with Crippen LogP contribution in [0.1, 0.15) is 13.8 Å². The van der Waals surface area contributed by atoms with Crippen molar-refractivity contribution < 1.29 is 0 Å². The Morgan fingerprint density at radius 2 is 2.08 bits per heavy atom. The number of hydrogen-bond donors (Lipinski definition) is 0. The first-order valence-corrected chi connectivity index (χ1v) is 4.68. The topological polar surface area (TPSA) is 38.1 Å². The van der Waals surface area contributed by atoms with Crippen molar-refractivity contribution in [2.24, 2.45) is 4.99 Å². The van der Waals surface area contributed by atoms with E-state index in [0.717, 1.165) is 16.6 Å². The van der Waals surface area contributed by atoms with Crippen LogP contribution in [0.2, 0.25) is 0 Å². The molecule has 1 aliphatic rings. The number of rotatable bonds is 0. The molecule has 0 radical (unpaired) electrons. The van der Waals surface area contributed by atoms with Gasteiger partial charge in [0.1, 0.15) is 5.03 Å². The van der Waals surface area contributed by atoms with E-state index < -0.39 is 0 Å². The molecule has 1 aromatic rings. The van der Waals surface area contributed by atoms with Gasteiger partial charge < -0.3 is 0 Å². The van der Waals surface area contributed by atoms with Gasteiger partial charge in [-0.25, -0.2) is 15.0 Å². The van der Waals surface area contributed by atoms with E-state index in [-0.39, 0.29) is 0 Å². The number of thioether (sulfide) groups is 1. The predicted molar refractivity (Wildman–Crippen MR) is 50.1 cm³/mol. The Hall–Kier alpha value is -0.900. The van der Waals surface area contributed by atoms with Gasteiger partial charge in [-0.1, -0.05) is 11.8 Å². The fourth-order valence-electron chi connectivity index (χ4n) is 0.988. The lowest BCUT2D eigenvalue weighted by Gasteiger charge is -2.16. The van der Waals surface area contributed by atoms with Crippen LogP contribution in [0.5, 0.6) is 0 Å². The third-order valence-electron chi connectivity index (χ3n) is 1.81. The van der Waals surface area contributed by atoms with Crippen LogP contribution < -0.4 is 0 Å². The van der Waals surface area contributed by atoms with E-state index in [2.05, 4.69) is 21.9 Å². The summed E-state index contributed by atoms with van der Waals surface area (Å²) in [5, 5.41) is 1.37. The van der Waals surface area contributed by atoms with E-state index in [1.807, 2.05) is 6.92 Å². The summed E-state index contributed by atoms with van der Waals surface area (Å²) in [6.07, 6.45) is 3.38. The third-order valence-corrected chi connectivity index (χ3v) is 3.01. The second kappa shape index (κ2) is 2.86. The minimum absolute atomic E-state index is 0.425. The van der Waals surface area contributed by atoms with Crippen LogP contribution >= 0.6 is 11.8 Å². The molecule has 2 heterocycles. The summed E-state index contributed by atoms with van der Waals surface area (Å²) in [6.45, 7) is 4.15. The largest absolute Gasteiger partial charge is 0.244 e. The van der Waals surface area contributed by atoms with E-state index in [4.69, 9.17) is 0 Å². The van der Waals surface area contributed by atoms with Crippen LogP contribution in [0, 0.1) is 0 Å². The maximum absolute atomic E-state index is 4.35. The molecule has 1 unspecified atom stereocenters. The molecular formula is C8H9N3S. The molecule has 0 saturated carbocycles. The molecule has 0 amide bonds. The second-order valence-electron chi connectivity index (χ2n) is 2.70. The fourth-order valence-corrected chi connectivity index (χ4v) is 1.87. The molecule has 1 aromatic heterocycles. The number of aliphatic imine (C=N–C) groups is 1. The van der Waals surface area contributed by atoms with Crippen LogP contribution in [0.3, 0.4) is 0 Å². The molecule has 0 saturated heterocycles. The van der Waals surface area contributed by atoms with E-state index in [9.17, 15) is 0 Å². The Bertz CT molecular complexity index is 335. The zero-order valence-corrected chi connectivity index (χ0v) is 7.80. The van der Waals surface area contributed by atoms with E-state index in [1.54, 1.807) is 24.2 Å². The zero-order chi connectivity index (χ0) is 8.55. The molecule has 1 aliphatic heterocycles. The smallest absolute Gasteiger partial charge is 0.184 e. The minimum Gasteiger partial charge on any atom is -0.244 e. The minimum atomic E-state index is 0.425. The molecule has 0 N–H and O–H groups in total. The Kier molecular flexibility index (Phi) is 1.84. The molecular weight excluding hydrogens is 170 g/mol. The van der Waals surface area contributed by atoms with Crippen LogP contribution in [0.4, 0.5) is 5.82 Å². The summed E-state index contributed by atoms with van der Waals surface area (Å²) in [7, 11) is 0. The molecule has 4 heteroatoms. The molecule has 0 bridgehead atoms. The van der Waals surface area contributed by atoms with E-state index in [1.165, 1.54) is 0 Å². The van der Waals surface area contributed by atoms with Crippen molar-refractivity contribution in [3.8, 4) is 0 Å². The number of aromatic nitrogens is 2. The van der Waals surface area contributed by atoms with E-state index >= 15 is 0 Å². The molecule has 0 aliphatic carbocycles. The fraction of sp³-hybridized carbons (Fsp3) is 0.375. The second-order valence-corrected chi connectivity index (χ2v) is 4.03. The average Bonchev–Trinajstić information content (AvgIpc) is 2.07. The number of nitrogens with zero attached hydrogens (tertiary/aromatic N) is 3. The lowest BCUT2D eigenvalue weighted by Crippen LogP contribution is -2.12. The summed E-state index contributed by atoms with van der Waals surface area (Å²) in [5.74, 6) is 0.762. The van der Waals surface area contributed by atoms with Crippen molar-refractivity contribution in [3.63, 3.8) is 0 Å². The molecule has 12 heavy (non-hydrogen) atoms. The Morgan fingerprint density at radius 1 is 1.33 bits per heavy atom. The molecule has 3 nitrogen and oxygen atoms in total. The van der Waals surface area contributed by atoms with Gasteiger partial charge in [-0.3, -0.25) is 0 Å². The summed E-state index contributed by atoms with van der Waals surface area (Å²) in [5.41, 5.74) is 1.12. The lowest BCUT2D eigenvalue weighted by molar-refractivity contribution is 1.02.